The number of hydrogen-bond acceptors (Lipinski definition) is 8. The summed E-state index contributed by atoms with van der Waals surface area (Å²) in [6.07, 6.45) is 1.45. The van der Waals surface area contributed by atoms with Crippen LogP contribution in [0.3, 0.4) is 0 Å². The maximum Gasteiger partial charge on any atom is 0.343 e. The van der Waals surface area contributed by atoms with Gasteiger partial charge in [-0.05, 0) is 63.8 Å². The summed E-state index contributed by atoms with van der Waals surface area (Å²) >= 11 is 3.36. The van der Waals surface area contributed by atoms with Crippen molar-refractivity contribution >= 4 is 39.9 Å². The molecule has 0 saturated carbocycles. The van der Waals surface area contributed by atoms with E-state index in [1.54, 1.807) is 36.4 Å². The van der Waals surface area contributed by atoms with Crippen molar-refractivity contribution in [3.05, 3.63) is 52.0 Å². The molecule has 2 aromatic rings. The number of fused-ring (bicyclic) bond motifs is 1. The lowest BCUT2D eigenvalue weighted by Crippen LogP contribution is -2.48. The molecule has 1 atom stereocenters. The van der Waals surface area contributed by atoms with Crippen LogP contribution in [0.5, 0.6) is 17.2 Å². The molecule has 0 radical (unpaired) electrons. The topological polar surface area (TPSA) is 125 Å². The minimum atomic E-state index is -0.809. The number of benzene rings is 2. The second-order valence-corrected chi connectivity index (χ2v) is 8.41. The number of esters is 1. The maximum atomic E-state index is 12.7. The van der Waals surface area contributed by atoms with E-state index in [1.807, 2.05) is 13.8 Å². The second kappa shape index (κ2) is 11.5. The lowest BCUT2D eigenvalue weighted by molar-refractivity contribution is -0.142. The maximum absolute atomic E-state index is 12.7. The van der Waals surface area contributed by atoms with Gasteiger partial charge in [-0.1, -0.05) is 13.8 Å². The van der Waals surface area contributed by atoms with Crippen LogP contribution in [0.4, 0.5) is 0 Å². The summed E-state index contributed by atoms with van der Waals surface area (Å²) in [5.41, 5.74) is 3.48. The number of halogens is 1. The second-order valence-electron chi connectivity index (χ2n) is 7.55. The highest BCUT2D eigenvalue weighted by Gasteiger charge is 2.25. The summed E-state index contributed by atoms with van der Waals surface area (Å²) in [7, 11) is 1.28. The molecule has 1 aliphatic heterocycles. The van der Waals surface area contributed by atoms with E-state index in [-0.39, 0.29) is 19.3 Å². The first kappa shape index (κ1) is 25.0. The zero-order chi connectivity index (χ0) is 24.7. The molecule has 34 heavy (non-hydrogen) atoms. The number of ether oxygens (including phenoxy) is 4. The van der Waals surface area contributed by atoms with Crippen LogP contribution >= 0.6 is 15.9 Å². The van der Waals surface area contributed by atoms with Crippen LogP contribution in [-0.4, -0.2) is 50.5 Å². The Morgan fingerprint density at radius 2 is 1.91 bits per heavy atom. The van der Waals surface area contributed by atoms with Crippen molar-refractivity contribution in [2.75, 3.05) is 20.5 Å². The number of nitrogens with one attached hydrogen (secondary N) is 2. The van der Waals surface area contributed by atoms with Gasteiger partial charge >= 0.3 is 5.97 Å². The first-order valence-electron chi connectivity index (χ1n) is 10.3. The average molecular weight is 534 g/mol. The van der Waals surface area contributed by atoms with Gasteiger partial charge in [0.05, 0.1) is 17.8 Å². The molecule has 1 aliphatic rings. The van der Waals surface area contributed by atoms with Crippen LogP contribution in [0.1, 0.15) is 29.8 Å². The van der Waals surface area contributed by atoms with Gasteiger partial charge in [-0.15, -0.1) is 0 Å². The summed E-state index contributed by atoms with van der Waals surface area (Å²) in [4.78, 5) is 36.5. The molecule has 0 spiro atoms. The SMILES string of the molecule is COC(=O)COc1ccc(/C=N/NC(=O)C(NC(=O)c2ccc3c(c2)OCO3)C(C)C)cc1Br. The molecule has 1 heterocycles. The minimum absolute atomic E-state index is 0.106. The molecular weight excluding hydrogens is 510 g/mol. The summed E-state index contributed by atoms with van der Waals surface area (Å²) in [5.74, 6) is -0.0498. The number of methoxy groups -OCH3 is 1. The van der Waals surface area contributed by atoms with Crippen molar-refractivity contribution in [3.63, 3.8) is 0 Å². The third-order valence-electron chi connectivity index (χ3n) is 4.79. The lowest BCUT2D eigenvalue weighted by atomic mass is 10.0. The Kier molecular flexibility index (Phi) is 8.47. The number of carbonyl (C=O) groups is 3. The molecule has 0 bridgehead atoms. The summed E-state index contributed by atoms with van der Waals surface area (Å²) in [5, 5.41) is 6.72. The molecule has 2 amide bonds. The fourth-order valence-corrected chi connectivity index (χ4v) is 3.46. The van der Waals surface area contributed by atoms with Crippen molar-refractivity contribution in [1.82, 2.24) is 10.7 Å². The number of amides is 2. The van der Waals surface area contributed by atoms with Crippen molar-refractivity contribution in [2.45, 2.75) is 19.9 Å². The Morgan fingerprint density at radius 1 is 1.15 bits per heavy atom. The predicted octanol–water partition coefficient (Wildman–Crippen LogP) is 2.63. The Morgan fingerprint density at radius 3 is 2.62 bits per heavy atom. The normalized spacial score (nSPS) is 13.0. The van der Waals surface area contributed by atoms with E-state index in [0.29, 0.717) is 32.8 Å². The zero-order valence-electron chi connectivity index (χ0n) is 18.8. The zero-order valence-corrected chi connectivity index (χ0v) is 20.4. The van der Waals surface area contributed by atoms with Crippen molar-refractivity contribution in [3.8, 4) is 17.2 Å². The third-order valence-corrected chi connectivity index (χ3v) is 5.41. The Labute approximate surface area is 204 Å². The van der Waals surface area contributed by atoms with Gasteiger partial charge in [-0.2, -0.15) is 5.10 Å². The van der Waals surface area contributed by atoms with Gasteiger partial charge in [0.15, 0.2) is 18.1 Å². The summed E-state index contributed by atoms with van der Waals surface area (Å²) in [6, 6.07) is 9.08. The van der Waals surface area contributed by atoms with Crippen LogP contribution in [-0.2, 0) is 14.3 Å². The number of rotatable bonds is 9. The van der Waals surface area contributed by atoms with Gasteiger partial charge < -0.3 is 24.3 Å². The molecule has 0 fully saturated rings. The molecule has 1 unspecified atom stereocenters. The van der Waals surface area contributed by atoms with Gasteiger partial charge in [0.25, 0.3) is 11.8 Å². The summed E-state index contributed by atoms with van der Waals surface area (Å²) < 4.78 is 21.0. The Balaban J connectivity index is 1.58. The third kappa shape index (κ3) is 6.47. The van der Waals surface area contributed by atoms with Gasteiger partial charge in [0.1, 0.15) is 11.8 Å². The lowest BCUT2D eigenvalue weighted by Gasteiger charge is -2.20. The monoisotopic (exact) mass is 533 g/mol. The highest BCUT2D eigenvalue weighted by atomic mass is 79.9. The fraction of sp³-hybridized carbons (Fsp3) is 0.304. The molecule has 2 N–H and O–H groups in total. The van der Waals surface area contributed by atoms with E-state index in [9.17, 15) is 14.4 Å². The smallest absolute Gasteiger partial charge is 0.343 e. The van der Waals surface area contributed by atoms with Crippen LogP contribution < -0.4 is 25.0 Å². The van der Waals surface area contributed by atoms with Gasteiger partial charge in [0, 0.05) is 5.56 Å². The molecule has 180 valence electrons. The Bertz CT molecular complexity index is 1100. The number of carbonyl (C=O) groups excluding carboxylic acids is 3. The van der Waals surface area contributed by atoms with E-state index >= 15 is 0 Å². The number of hydrogen-bond donors (Lipinski definition) is 2. The summed E-state index contributed by atoms with van der Waals surface area (Å²) in [6.45, 7) is 3.53. The predicted molar refractivity (Wildman–Crippen MR) is 126 cm³/mol. The average Bonchev–Trinajstić information content (AvgIpc) is 3.29. The molecule has 3 rings (SSSR count). The fourth-order valence-electron chi connectivity index (χ4n) is 2.95. The van der Waals surface area contributed by atoms with E-state index in [4.69, 9.17) is 14.2 Å². The highest BCUT2D eigenvalue weighted by Crippen LogP contribution is 2.32. The molecule has 0 aliphatic carbocycles. The van der Waals surface area contributed by atoms with Crippen LogP contribution in [0, 0.1) is 5.92 Å². The van der Waals surface area contributed by atoms with Gasteiger partial charge in [-0.25, -0.2) is 10.2 Å². The standard InChI is InChI=1S/C23H24BrN3O7/c1-13(2)21(26-22(29)15-5-7-18-19(9-15)34-12-33-18)23(30)27-25-10-14-4-6-17(16(24)8-14)32-11-20(28)31-3/h4-10,13,21H,11-12H2,1-3H3,(H,26,29)(H,27,30)/b25-10+. The molecule has 10 nitrogen and oxygen atoms in total. The van der Waals surface area contributed by atoms with Crippen LogP contribution in [0.25, 0.3) is 0 Å². The largest absolute Gasteiger partial charge is 0.481 e. The number of hydrazone groups is 1. The van der Waals surface area contributed by atoms with E-state index in [0.717, 1.165) is 0 Å². The van der Waals surface area contributed by atoms with E-state index in [1.165, 1.54) is 13.3 Å². The Hall–Kier alpha value is -3.60. The molecule has 11 heteroatoms. The molecular formula is C23H24BrN3O7. The molecule has 0 saturated heterocycles. The van der Waals surface area contributed by atoms with Crippen molar-refractivity contribution < 1.29 is 33.3 Å². The van der Waals surface area contributed by atoms with E-state index in [2.05, 4.69) is 36.5 Å². The van der Waals surface area contributed by atoms with Crippen molar-refractivity contribution in [1.29, 1.82) is 0 Å². The highest BCUT2D eigenvalue weighted by molar-refractivity contribution is 9.10. The molecule has 0 aromatic heterocycles. The van der Waals surface area contributed by atoms with Crippen LogP contribution in [0.2, 0.25) is 0 Å². The van der Waals surface area contributed by atoms with Gasteiger partial charge in [0.2, 0.25) is 6.79 Å². The first-order chi connectivity index (χ1) is 16.3. The van der Waals surface area contributed by atoms with Gasteiger partial charge in [-0.3, -0.25) is 9.59 Å². The number of nitrogens with zero attached hydrogens (tertiary/aromatic N) is 1. The quantitative estimate of drug-likeness (QED) is 0.288. The molecule has 2 aromatic carbocycles. The van der Waals surface area contributed by atoms with E-state index < -0.39 is 23.8 Å². The minimum Gasteiger partial charge on any atom is -0.481 e. The van der Waals surface area contributed by atoms with Crippen LogP contribution in [0.15, 0.2) is 46.0 Å². The van der Waals surface area contributed by atoms with Crippen molar-refractivity contribution in [2.24, 2.45) is 11.0 Å². The first-order valence-corrected chi connectivity index (χ1v) is 11.1.